The van der Waals surface area contributed by atoms with Crippen LogP contribution >= 0.6 is 0 Å². The van der Waals surface area contributed by atoms with Crippen LogP contribution in [0.4, 0.5) is 0 Å². The fraction of sp³-hybridized carbons (Fsp3) is 0.481. The summed E-state index contributed by atoms with van der Waals surface area (Å²) in [6, 6.07) is 10.2. The zero-order valence-electron chi connectivity index (χ0n) is 21.3. The fourth-order valence-electron chi connectivity index (χ4n) is 4.69. The van der Waals surface area contributed by atoms with Gasteiger partial charge in [-0.15, -0.1) is 0 Å². The molecule has 2 heterocycles. The summed E-state index contributed by atoms with van der Waals surface area (Å²) < 4.78 is 16.6. The molecule has 0 aliphatic carbocycles. The molecule has 36 heavy (non-hydrogen) atoms. The second-order valence-corrected chi connectivity index (χ2v) is 9.82. The molecule has 0 spiro atoms. The van der Waals surface area contributed by atoms with Gasteiger partial charge in [0, 0.05) is 12.1 Å². The number of hydrogen-bond donors (Lipinski definition) is 2. The smallest absolute Gasteiger partial charge is 0.492 e. The highest BCUT2D eigenvalue weighted by atomic mass is 16.5. The lowest BCUT2D eigenvalue weighted by Crippen LogP contribution is -2.46. The van der Waals surface area contributed by atoms with Crippen LogP contribution in [0.2, 0.25) is 0 Å². The standard InChI is InChI=1S/C27H35BN2O6/c1-18(2)25(29-26(31)23-11-8-21-17-36-28(33)24(21)19(23)3)27(32)35-16-20-6-9-22(10-7-20)34-15-14-30-12-4-5-13-30/h6-11,18,25,33H,4-5,12-17H2,1-3H3,(H,29,31)/t25-/m0/s1. The number of nitrogens with one attached hydrogen (secondary N) is 1. The summed E-state index contributed by atoms with van der Waals surface area (Å²) in [7, 11) is -1.04. The van der Waals surface area contributed by atoms with Gasteiger partial charge < -0.3 is 24.5 Å². The van der Waals surface area contributed by atoms with E-state index >= 15 is 0 Å². The Balaban J connectivity index is 1.29. The number of carbonyl (C=O) groups excluding carboxylic acids is 2. The largest absolute Gasteiger partial charge is 0.492 e. The molecule has 0 saturated carbocycles. The number of esters is 1. The quantitative estimate of drug-likeness (QED) is 0.386. The number of likely N-dealkylation sites (tertiary alicyclic amines) is 1. The fourth-order valence-corrected chi connectivity index (χ4v) is 4.69. The molecule has 0 bridgehead atoms. The highest BCUT2D eigenvalue weighted by molar-refractivity contribution is 6.62. The predicted molar refractivity (Wildman–Crippen MR) is 137 cm³/mol. The number of carbonyl (C=O) groups is 2. The molecule has 0 unspecified atom stereocenters. The SMILES string of the molecule is Cc1c(C(=O)N[C@H](C(=O)OCc2ccc(OCCN3CCCC3)cc2)C(C)C)ccc2c1B(O)OC2. The predicted octanol–water partition coefficient (Wildman–Crippen LogP) is 2.19. The molecule has 2 aliphatic heterocycles. The Hall–Kier alpha value is -2.88. The lowest BCUT2D eigenvalue weighted by molar-refractivity contribution is -0.148. The van der Waals surface area contributed by atoms with Crippen molar-refractivity contribution in [3.8, 4) is 5.75 Å². The second kappa shape index (κ2) is 11.9. The van der Waals surface area contributed by atoms with Crippen LogP contribution in [0.1, 0.15) is 53.7 Å². The van der Waals surface area contributed by atoms with Crippen LogP contribution in [-0.2, 0) is 27.4 Å². The van der Waals surface area contributed by atoms with E-state index in [-0.39, 0.29) is 18.4 Å². The summed E-state index contributed by atoms with van der Waals surface area (Å²) in [5, 5.41) is 12.9. The normalized spacial score (nSPS) is 16.2. The van der Waals surface area contributed by atoms with Gasteiger partial charge in [-0.25, -0.2) is 4.79 Å². The minimum Gasteiger partial charge on any atom is -0.492 e. The maximum Gasteiger partial charge on any atom is 0.492 e. The van der Waals surface area contributed by atoms with Crippen molar-refractivity contribution in [2.75, 3.05) is 26.2 Å². The molecule has 0 aromatic heterocycles. The Labute approximate surface area is 213 Å². The third kappa shape index (κ3) is 6.27. The molecule has 1 saturated heterocycles. The highest BCUT2D eigenvalue weighted by Crippen LogP contribution is 2.18. The summed E-state index contributed by atoms with van der Waals surface area (Å²) in [5.41, 5.74) is 3.37. The van der Waals surface area contributed by atoms with E-state index in [9.17, 15) is 14.6 Å². The molecular weight excluding hydrogens is 459 g/mol. The van der Waals surface area contributed by atoms with Gasteiger partial charge in [0.2, 0.25) is 0 Å². The van der Waals surface area contributed by atoms with Crippen molar-refractivity contribution >= 4 is 24.5 Å². The van der Waals surface area contributed by atoms with E-state index < -0.39 is 19.1 Å². The average molecular weight is 494 g/mol. The van der Waals surface area contributed by atoms with Crippen molar-refractivity contribution in [2.45, 2.75) is 52.9 Å². The van der Waals surface area contributed by atoms with Crippen LogP contribution in [0, 0.1) is 12.8 Å². The monoisotopic (exact) mass is 494 g/mol. The Kier molecular flexibility index (Phi) is 8.66. The first-order chi connectivity index (χ1) is 17.3. The van der Waals surface area contributed by atoms with Gasteiger partial charge in [-0.05, 0) is 79.1 Å². The van der Waals surface area contributed by atoms with Gasteiger partial charge in [0.15, 0.2) is 0 Å². The summed E-state index contributed by atoms with van der Waals surface area (Å²) in [4.78, 5) is 28.3. The second-order valence-electron chi connectivity index (χ2n) is 9.82. The van der Waals surface area contributed by atoms with Gasteiger partial charge in [-0.3, -0.25) is 9.69 Å². The summed E-state index contributed by atoms with van der Waals surface area (Å²) >= 11 is 0. The van der Waals surface area contributed by atoms with Gasteiger partial charge in [0.05, 0.1) is 6.61 Å². The molecule has 9 heteroatoms. The minimum atomic E-state index is -1.04. The van der Waals surface area contributed by atoms with Crippen LogP contribution in [0.15, 0.2) is 36.4 Å². The molecule has 192 valence electrons. The number of rotatable bonds is 10. The molecule has 2 aromatic carbocycles. The van der Waals surface area contributed by atoms with E-state index in [0.717, 1.165) is 36.5 Å². The van der Waals surface area contributed by atoms with Gasteiger partial charge in [0.25, 0.3) is 5.91 Å². The molecule has 2 aliphatic rings. The topological polar surface area (TPSA) is 97.3 Å². The highest BCUT2D eigenvalue weighted by Gasteiger charge is 2.32. The summed E-state index contributed by atoms with van der Waals surface area (Å²) in [6.45, 7) is 9.78. The molecule has 8 nitrogen and oxygen atoms in total. The maximum atomic E-state index is 13.0. The molecule has 1 amide bonds. The lowest BCUT2D eigenvalue weighted by Gasteiger charge is -2.22. The van der Waals surface area contributed by atoms with E-state index in [0.29, 0.717) is 29.8 Å². The molecule has 0 radical (unpaired) electrons. The van der Waals surface area contributed by atoms with E-state index in [4.69, 9.17) is 14.1 Å². The van der Waals surface area contributed by atoms with Crippen LogP contribution in [-0.4, -0.2) is 61.2 Å². The third-order valence-electron chi connectivity index (χ3n) is 6.88. The zero-order valence-corrected chi connectivity index (χ0v) is 21.3. The first-order valence-electron chi connectivity index (χ1n) is 12.7. The first-order valence-corrected chi connectivity index (χ1v) is 12.7. The molecule has 1 fully saturated rings. The third-order valence-corrected chi connectivity index (χ3v) is 6.88. The van der Waals surface area contributed by atoms with E-state index in [1.807, 2.05) is 38.1 Å². The first kappa shape index (κ1) is 26.2. The van der Waals surface area contributed by atoms with E-state index in [2.05, 4.69) is 10.2 Å². The van der Waals surface area contributed by atoms with Crippen LogP contribution < -0.4 is 15.5 Å². The van der Waals surface area contributed by atoms with Gasteiger partial charge in [-0.2, -0.15) is 0 Å². The molecule has 2 aromatic rings. The maximum absolute atomic E-state index is 13.0. The Morgan fingerprint density at radius 2 is 1.86 bits per heavy atom. The Bertz CT molecular complexity index is 1070. The number of nitrogens with zero attached hydrogens (tertiary/aromatic N) is 1. The number of fused-ring (bicyclic) bond motifs is 1. The van der Waals surface area contributed by atoms with Crippen LogP contribution in [0.25, 0.3) is 0 Å². The van der Waals surface area contributed by atoms with Gasteiger partial charge >= 0.3 is 13.1 Å². The van der Waals surface area contributed by atoms with Crippen LogP contribution in [0.3, 0.4) is 0 Å². The van der Waals surface area contributed by atoms with Gasteiger partial charge in [0.1, 0.15) is 25.0 Å². The van der Waals surface area contributed by atoms with Crippen molar-refractivity contribution in [3.05, 3.63) is 58.7 Å². The average Bonchev–Trinajstić information content (AvgIpc) is 3.52. The van der Waals surface area contributed by atoms with Crippen molar-refractivity contribution < 1.29 is 28.7 Å². The number of hydrogen-bond acceptors (Lipinski definition) is 7. The van der Waals surface area contributed by atoms with Crippen molar-refractivity contribution in [1.82, 2.24) is 10.2 Å². The number of ether oxygens (including phenoxy) is 2. The van der Waals surface area contributed by atoms with Crippen molar-refractivity contribution in [1.29, 1.82) is 0 Å². The van der Waals surface area contributed by atoms with Crippen molar-refractivity contribution in [2.24, 2.45) is 5.92 Å². The molecule has 2 N–H and O–H groups in total. The summed E-state index contributed by atoms with van der Waals surface area (Å²) in [5.74, 6) is -0.264. The molecule has 1 atom stereocenters. The lowest BCUT2D eigenvalue weighted by atomic mass is 9.75. The van der Waals surface area contributed by atoms with Crippen molar-refractivity contribution in [3.63, 3.8) is 0 Å². The molecular formula is C27H35BN2O6. The summed E-state index contributed by atoms with van der Waals surface area (Å²) in [6.07, 6.45) is 2.53. The van der Waals surface area contributed by atoms with E-state index in [1.54, 1.807) is 19.1 Å². The minimum absolute atomic E-state index is 0.105. The molecule has 4 rings (SSSR count). The van der Waals surface area contributed by atoms with E-state index in [1.165, 1.54) is 12.8 Å². The van der Waals surface area contributed by atoms with Crippen LogP contribution in [0.5, 0.6) is 5.75 Å². The Morgan fingerprint density at radius 1 is 1.14 bits per heavy atom. The number of amides is 1. The van der Waals surface area contributed by atoms with Gasteiger partial charge in [-0.1, -0.05) is 32.0 Å². The number of benzene rings is 2. The zero-order chi connectivity index (χ0) is 25.7. The Morgan fingerprint density at radius 3 is 2.56 bits per heavy atom.